The Kier molecular flexibility index (Phi) is 28.0. The number of halogens is 5. The molecule has 0 bridgehead atoms. The highest BCUT2D eigenvalue weighted by molar-refractivity contribution is 7.94. The molecule has 3 fully saturated rings. The zero-order valence-corrected chi connectivity index (χ0v) is 48.1. The fourth-order valence-corrected chi connectivity index (χ4v) is 8.36. The van der Waals surface area contributed by atoms with Crippen LogP contribution in [-0.2, 0) is 55.3 Å². The van der Waals surface area contributed by atoms with Crippen molar-refractivity contribution in [1.82, 2.24) is 10.2 Å². The number of carboxylic acid groups (broad SMARTS) is 1. The Morgan fingerprint density at radius 2 is 1.72 bits per heavy atom. The number of benzene rings is 2. The van der Waals surface area contributed by atoms with E-state index in [2.05, 4.69) is 31.8 Å². The molecule has 3 atom stereocenters. The molecular weight excluding hydrogens is 1090 g/mol. The van der Waals surface area contributed by atoms with Crippen molar-refractivity contribution in [2.24, 2.45) is 0 Å². The van der Waals surface area contributed by atoms with Gasteiger partial charge in [-0.15, -0.1) is 11.6 Å². The van der Waals surface area contributed by atoms with Gasteiger partial charge in [-0.1, -0.05) is 59.9 Å². The molecule has 1 saturated carbocycles. The van der Waals surface area contributed by atoms with Crippen molar-refractivity contribution in [2.45, 2.75) is 109 Å². The molecule has 0 spiro atoms. The summed E-state index contributed by atoms with van der Waals surface area (Å²) in [5.41, 5.74) is 2.78. The number of allylic oxidation sites excluding steroid dienone is 1. The summed E-state index contributed by atoms with van der Waals surface area (Å²) in [6, 6.07) is 12.0. The molecule has 1 aliphatic carbocycles. The van der Waals surface area contributed by atoms with Gasteiger partial charge in [-0.3, -0.25) is 24.5 Å². The van der Waals surface area contributed by atoms with E-state index in [0.717, 1.165) is 55.0 Å². The number of methoxy groups -OCH3 is 1. The van der Waals surface area contributed by atoms with E-state index in [9.17, 15) is 37.8 Å². The van der Waals surface area contributed by atoms with Gasteiger partial charge in [0.1, 0.15) is 42.6 Å². The Hall–Kier alpha value is -3.92. The summed E-state index contributed by atoms with van der Waals surface area (Å²) in [5.74, 6) is -2.28. The number of cyclic esters (lactones) is 1. The molecule has 0 radical (unpaired) electrons. The molecular formula is C49H68Cl4FN4O14PS. The van der Waals surface area contributed by atoms with Crippen LogP contribution in [0.4, 0.5) is 20.6 Å². The average molecular weight is 1160 g/mol. The smallest absolute Gasteiger partial charge is 0.427 e. The minimum absolute atomic E-state index is 0.00962. The number of rotatable bonds is 15. The van der Waals surface area contributed by atoms with Gasteiger partial charge < -0.3 is 52.6 Å². The van der Waals surface area contributed by atoms with Gasteiger partial charge in [0.05, 0.1) is 79.6 Å². The number of hydrogen-bond donors (Lipinski definition) is 3. The standard InChI is InChI=1S/C17H17ClFNO4.C15H22ClNO2.C11H13Cl2NO3.C3H8NO5P.C3H9S/c1-9(2)15-16(21)20(17(22)24-15)13-8-14(11(18)7-12(13)19)23-10-5-3-4-6-10;1-5-13-8-6-7-11(2)15(13)17(14(18)9-16)12(3)10-19-4;1-11(2)14(10(15)9(12)13)6-8(17-11)7-4-3-5-16-7;5-3(6)1-4-2-10(7,8)9;1-4(2)3/h7-8,10H,3-6H2,1-2H3;6-8,12H,5,9-10H2,1-4H3;3-5,8-9H,6H2,1-2H3;4H,1-2H2,(H,5,6)(H2,7,8,9);1-3H3/q;;;;+1/p-1. The van der Waals surface area contributed by atoms with Crippen LogP contribution in [0.25, 0.3) is 0 Å². The van der Waals surface area contributed by atoms with Gasteiger partial charge in [0.15, 0.2) is 10.6 Å². The first-order chi connectivity index (χ1) is 34.5. The number of furan rings is 1. The number of ether oxygens (including phenoxy) is 4. The van der Waals surface area contributed by atoms with Crippen LogP contribution in [0.1, 0.15) is 90.2 Å². The molecule has 3 aromatic rings. The van der Waals surface area contributed by atoms with Gasteiger partial charge in [-0.2, -0.15) is 0 Å². The number of aryl methyl sites for hydroxylation is 2. The van der Waals surface area contributed by atoms with Gasteiger partial charge in [0, 0.05) is 13.2 Å². The lowest BCUT2D eigenvalue weighted by molar-refractivity contribution is -0.193. The van der Waals surface area contributed by atoms with Crippen molar-refractivity contribution in [2.75, 3.05) is 67.5 Å². The van der Waals surface area contributed by atoms with Gasteiger partial charge in [-0.25, -0.2) is 14.1 Å². The molecule has 2 saturated heterocycles. The van der Waals surface area contributed by atoms with Gasteiger partial charge >= 0.3 is 18.0 Å². The third-order valence-electron chi connectivity index (χ3n) is 10.6. The van der Waals surface area contributed by atoms with E-state index in [4.69, 9.17) is 79.8 Å². The summed E-state index contributed by atoms with van der Waals surface area (Å²) in [5, 5.41) is 10.1. The normalized spacial score (nSPS) is 17.1. The third-order valence-corrected chi connectivity index (χ3v) is 12.1. The molecule has 74 heavy (non-hydrogen) atoms. The largest absolute Gasteiger partial charge is 0.778 e. The van der Waals surface area contributed by atoms with Gasteiger partial charge in [0.25, 0.3) is 5.91 Å². The summed E-state index contributed by atoms with van der Waals surface area (Å²) in [4.78, 5) is 79.0. The Morgan fingerprint density at radius 3 is 2.20 bits per heavy atom. The number of anilines is 2. The molecule has 25 heteroatoms. The number of amides is 4. The van der Waals surface area contributed by atoms with Crippen molar-refractivity contribution in [1.29, 1.82) is 0 Å². The molecule has 3 heterocycles. The SMILES string of the molecule is CC(C)=C1OC(=O)N(c2cc(OC3CCCC3)c(Cl)cc2F)C1=O.CC1(C)OC(c2ccco2)CN1C(=O)C(Cl)Cl.CCc1cccc(C)c1N(C(=O)CCl)C(C)COC.C[S+](C)C.O=C(O)CNCP(=O)([O-])O. The van der Waals surface area contributed by atoms with E-state index in [1.165, 1.54) is 11.0 Å². The molecule has 2 aliphatic heterocycles. The van der Waals surface area contributed by atoms with E-state index in [1.807, 2.05) is 37.4 Å². The van der Waals surface area contributed by atoms with E-state index >= 15 is 0 Å². The van der Waals surface area contributed by atoms with Crippen molar-refractivity contribution in [3.8, 4) is 5.75 Å². The predicted octanol–water partition coefficient (Wildman–Crippen LogP) is 9.12. The molecule has 6 rings (SSSR count). The second-order valence-corrected chi connectivity index (χ2v) is 23.7. The van der Waals surface area contributed by atoms with E-state index in [1.54, 1.807) is 52.0 Å². The van der Waals surface area contributed by atoms with Crippen LogP contribution in [0.2, 0.25) is 5.02 Å². The molecule has 414 valence electrons. The first-order valence-corrected chi connectivity index (χ1v) is 29.1. The molecule has 18 nitrogen and oxygen atoms in total. The van der Waals surface area contributed by atoms with Crippen molar-refractivity contribution < 1.29 is 71.2 Å². The third kappa shape index (κ3) is 20.9. The number of hydrogen-bond acceptors (Lipinski definition) is 13. The first-order valence-electron chi connectivity index (χ1n) is 23.1. The maximum absolute atomic E-state index is 14.3. The predicted molar refractivity (Wildman–Crippen MR) is 286 cm³/mol. The van der Waals surface area contributed by atoms with E-state index in [0.29, 0.717) is 40.3 Å². The zero-order valence-electron chi connectivity index (χ0n) is 43.4. The molecule has 3 unspecified atom stereocenters. The quantitative estimate of drug-likeness (QED) is 0.0557. The summed E-state index contributed by atoms with van der Waals surface area (Å²) >= 11 is 23.0. The lowest BCUT2D eigenvalue weighted by atomic mass is 10.0. The summed E-state index contributed by atoms with van der Waals surface area (Å²) < 4.78 is 51.2. The number of para-hydroxylation sites is 1. The fourth-order valence-electron chi connectivity index (χ4n) is 7.41. The van der Waals surface area contributed by atoms with Gasteiger partial charge in [0.2, 0.25) is 5.91 Å². The Bertz CT molecular complexity index is 2420. The number of alkyl halides is 3. The topological polar surface area (TPSA) is 238 Å². The lowest BCUT2D eigenvalue weighted by Gasteiger charge is -2.31. The highest BCUT2D eigenvalue weighted by Crippen LogP contribution is 2.39. The van der Waals surface area contributed by atoms with E-state index in [-0.39, 0.29) is 58.2 Å². The number of aliphatic carboxylic acids is 1. The minimum Gasteiger partial charge on any atom is -0.778 e. The van der Waals surface area contributed by atoms with Crippen molar-refractivity contribution in [3.63, 3.8) is 0 Å². The number of imide groups is 1. The lowest BCUT2D eigenvalue weighted by Crippen LogP contribution is -2.45. The second kappa shape index (κ2) is 31.3. The summed E-state index contributed by atoms with van der Waals surface area (Å²) in [6.07, 6.45) is 11.0. The number of carboxylic acids is 1. The number of nitrogens with one attached hydrogen (secondary N) is 1. The van der Waals surface area contributed by atoms with Crippen LogP contribution in [0.15, 0.2) is 64.5 Å². The van der Waals surface area contributed by atoms with Crippen LogP contribution < -0.4 is 24.7 Å². The van der Waals surface area contributed by atoms with Crippen molar-refractivity contribution in [3.05, 3.63) is 87.8 Å². The Balaban J connectivity index is 0.000000341. The number of carbonyl (C=O) groups is 5. The Morgan fingerprint density at radius 1 is 1.09 bits per heavy atom. The number of nitrogens with zero attached hydrogens (tertiary/aromatic N) is 3. The molecule has 4 amide bonds. The molecule has 2 aromatic carbocycles. The fraction of sp³-hybridized carbons (Fsp3) is 0.531. The molecule has 3 aliphatic rings. The first kappa shape index (κ1) is 66.2. The van der Waals surface area contributed by atoms with Crippen LogP contribution in [0.5, 0.6) is 5.75 Å². The second-order valence-electron chi connectivity index (χ2n) is 17.9. The molecule has 3 N–H and O–H groups in total. The van der Waals surface area contributed by atoms with Gasteiger partial charge in [-0.05, 0) is 119 Å². The minimum atomic E-state index is -4.35. The zero-order chi connectivity index (χ0) is 56.2. The maximum atomic E-state index is 14.3. The highest BCUT2D eigenvalue weighted by Gasteiger charge is 2.45. The number of carbonyl (C=O) groups excluding carboxylic acids is 4. The molecule has 1 aromatic heterocycles. The van der Waals surface area contributed by atoms with Crippen LogP contribution >= 0.6 is 54.0 Å². The van der Waals surface area contributed by atoms with Crippen molar-refractivity contribution >= 4 is 106 Å². The van der Waals surface area contributed by atoms with Crippen LogP contribution in [0.3, 0.4) is 0 Å². The maximum Gasteiger partial charge on any atom is 0.427 e. The monoisotopic (exact) mass is 1160 g/mol. The highest BCUT2D eigenvalue weighted by atomic mass is 35.5. The average Bonchev–Trinajstić information content (AvgIpc) is 4.13. The van der Waals surface area contributed by atoms with E-state index < -0.39 is 54.8 Å². The summed E-state index contributed by atoms with van der Waals surface area (Å²) in [7, 11) is -2.07. The Labute approximate surface area is 455 Å². The van der Waals surface area contributed by atoms with Crippen LogP contribution in [0, 0.1) is 12.7 Å². The van der Waals surface area contributed by atoms with Crippen LogP contribution in [-0.4, -0.2) is 125 Å². The summed E-state index contributed by atoms with van der Waals surface area (Å²) in [6.45, 7) is 13.3.